The maximum atomic E-state index is 14.8. The zero-order chi connectivity index (χ0) is 88.2. The molecule has 4 aliphatic heterocycles. The van der Waals surface area contributed by atoms with Gasteiger partial charge in [0.25, 0.3) is 5.91 Å². The second-order valence-corrected chi connectivity index (χ2v) is 42.0. The number of primary sulfonamides is 1. The third-order valence-electron chi connectivity index (χ3n) is 24.0. The van der Waals surface area contributed by atoms with Crippen molar-refractivity contribution in [2.75, 3.05) is 36.9 Å². The number of carboxylic acids is 1. The molecule has 2 aromatic carbocycles. The molecule has 6 aliphatic carbocycles. The number of amides is 7. The van der Waals surface area contributed by atoms with Gasteiger partial charge in [0.2, 0.25) is 43.7 Å². The maximum Gasteiger partial charge on any atom is 0.408 e. The molecule has 664 valence electrons. The number of anilines is 2. The van der Waals surface area contributed by atoms with Crippen LogP contribution >= 0.6 is 22.7 Å². The summed E-state index contributed by atoms with van der Waals surface area (Å²) in [6, 6.07) is 7.16. The van der Waals surface area contributed by atoms with Crippen molar-refractivity contribution in [3.05, 3.63) is 83.6 Å². The molecule has 2 saturated heterocycles. The summed E-state index contributed by atoms with van der Waals surface area (Å²) < 4.78 is 85.0. The van der Waals surface area contributed by atoms with Crippen LogP contribution in [0.4, 0.5) is 19.9 Å². The Labute approximate surface area is 723 Å². The number of pyridine rings is 2. The number of likely N-dealkylation sites (tertiary alicyclic amines) is 2. The molecular formula is C86H112N14O19S4. The van der Waals surface area contributed by atoms with Gasteiger partial charge < -0.3 is 75.2 Å². The maximum absolute atomic E-state index is 14.8. The molecule has 123 heavy (non-hydrogen) atoms. The van der Waals surface area contributed by atoms with E-state index < -0.39 is 143 Å². The monoisotopic (exact) mass is 1770 g/mol. The molecule has 6 aromatic rings. The van der Waals surface area contributed by atoms with E-state index in [0.29, 0.717) is 78.7 Å². The van der Waals surface area contributed by atoms with Gasteiger partial charge in [-0.15, -0.1) is 35.8 Å². The van der Waals surface area contributed by atoms with Crippen molar-refractivity contribution in [2.24, 2.45) is 27.8 Å². The molecule has 2 unspecified atom stereocenters. The van der Waals surface area contributed by atoms with E-state index in [1.807, 2.05) is 116 Å². The van der Waals surface area contributed by atoms with Gasteiger partial charge in [0.15, 0.2) is 10.3 Å². The SMILES string of the molecule is C=CC1C[C@]1(NC(=O)[C@@H]1C[C@@H](Oc2cc(-c3csc(NC(C)C)n3)nc3c4c(ccc23)OCC4)CN1C(=O)[C@@H](NC(=O)OC1CCCC1)C(C)(C)C)C(=O)NS(=O)(=O)C1CC1.C=CC1C[C@]1(NC(=O)[C@@H]1C[C@@H](Oc2cc(-c3csc(NC(C)C)n3)nc3c4c(ccc23)OCC4)CN1C(=O)[C@@H](NC(=O)OC1CCCC1)C(C)(C)C)C(=O)O.NS(=O)(=O)C1CC1. The average Bonchev–Trinajstić information content (AvgIpc) is 1.64. The molecule has 10 aliphatic rings. The number of alkyl carbamates (subject to hydrolysis) is 2. The highest BCUT2D eigenvalue weighted by atomic mass is 32.2. The van der Waals surface area contributed by atoms with Crippen molar-refractivity contribution >= 4 is 122 Å². The first-order valence-corrected chi connectivity index (χ1v) is 47.4. The van der Waals surface area contributed by atoms with E-state index in [1.165, 1.54) is 44.6 Å². The van der Waals surface area contributed by atoms with Gasteiger partial charge >= 0.3 is 18.2 Å². The molecular weight excluding hydrogens is 1660 g/mol. The van der Waals surface area contributed by atoms with Crippen molar-refractivity contribution in [1.29, 1.82) is 0 Å². The van der Waals surface area contributed by atoms with Crippen LogP contribution in [0.5, 0.6) is 23.0 Å². The van der Waals surface area contributed by atoms with E-state index in [9.17, 15) is 60.3 Å². The lowest BCUT2D eigenvalue weighted by molar-refractivity contribution is -0.146. The Balaban J connectivity index is 0.000000186. The third-order valence-corrected chi connectivity index (χ3v) is 28.8. The smallest absolute Gasteiger partial charge is 0.408 e. The highest BCUT2D eigenvalue weighted by molar-refractivity contribution is 7.91. The van der Waals surface area contributed by atoms with E-state index in [0.717, 1.165) is 113 Å². The number of carbonyl (C=O) groups is 8. The fraction of sp³-hybridized carbons (Fsp3) is 0.581. The van der Waals surface area contributed by atoms with Crippen LogP contribution in [0, 0.1) is 22.7 Å². The van der Waals surface area contributed by atoms with Crippen LogP contribution in [0.15, 0.2) is 72.5 Å². The lowest BCUT2D eigenvalue weighted by Gasteiger charge is -2.35. The van der Waals surface area contributed by atoms with E-state index in [4.69, 9.17) is 53.5 Å². The standard InChI is InChI=1S/C43H55N7O9S2.C40H50N6O8S.C3H7NO2S/c1-7-24-20-43(24,39(53)49-61(55,56)27-12-13-27)48-37(51)32-18-26(21-50(32)38(52)36(42(4,5)6)47-41(54)59-25-10-8-9-11-25)58-34-19-30(31-22-60-40(46-31)44-23(2)3)45-35-28(34)14-15-33-29(35)16-17-57-33;1-7-22-18-40(22,36(49)50)45-34(47)29-16-24(19-46(29)35(48)33(39(4,5)6)44-38(51)54-23-10-8-9-11-23)53-31-17-27(28-20-55-37(43-28)41-21(2)3)42-32-25(31)12-13-30-26(32)14-15-52-30;4-7(5,6)3-1-2-3/h7,14-15,19,22-27,32,36H,1,8-13,16-18,20-21H2,2-6H3,(H,44,46)(H,47,54)(H,48,51)(H,49,53);7,12-13,17,20-24,29,33H,1,8-11,14-16,18-19H2,2-6H3,(H,41,43)(H,44,51)(H,45,47)(H,49,50);3H,1-2H2,(H2,4,5,6)/t24?,26-,32+,36-,43-;22?,24-,29+,33-,40-;/m11./s1. The summed E-state index contributed by atoms with van der Waals surface area (Å²) >= 11 is 2.94. The van der Waals surface area contributed by atoms with Gasteiger partial charge in [-0.05, 0) is 153 Å². The minimum atomic E-state index is -3.92. The molecule has 10 N–H and O–H groups in total. The number of rotatable bonds is 27. The van der Waals surface area contributed by atoms with Gasteiger partial charge in [0.1, 0.15) is 94.0 Å². The van der Waals surface area contributed by atoms with Gasteiger partial charge in [-0.2, -0.15) is 0 Å². The second-order valence-electron chi connectivity index (χ2n) is 36.5. The van der Waals surface area contributed by atoms with Gasteiger partial charge in [-0.1, -0.05) is 53.7 Å². The van der Waals surface area contributed by atoms with Crippen LogP contribution in [0.3, 0.4) is 0 Å². The number of nitrogens with two attached hydrogens (primary N) is 1. The first-order chi connectivity index (χ1) is 58.2. The number of carboxylic acid groups (broad SMARTS) is 1. The molecule has 10 atom stereocenters. The van der Waals surface area contributed by atoms with E-state index >= 15 is 0 Å². The summed E-state index contributed by atoms with van der Waals surface area (Å²) in [5.74, 6) is -2.82. The molecule has 6 saturated carbocycles. The summed E-state index contributed by atoms with van der Waals surface area (Å²) in [7, 11) is -7.05. The Morgan fingerprint density at radius 2 is 0.984 bits per heavy atom. The molecule has 0 bridgehead atoms. The number of nitrogens with one attached hydrogen (secondary N) is 7. The lowest BCUT2D eigenvalue weighted by atomic mass is 9.85. The van der Waals surface area contributed by atoms with E-state index in [-0.39, 0.29) is 68.3 Å². The number of carbonyl (C=O) groups excluding carboxylic acids is 7. The number of ether oxygens (including phenoxy) is 6. The third kappa shape index (κ3) is 20.2. The molecule has 8 fully saturated rings. The quantitative estimate of drug-likeness (QED) is 0.0216. The number of fused-ring (bicyclic) bond motifs is 6. The Morgan fingerprint density at radius 1 is 0.577 bits per heavy atom. The predicted octanol–water partition coefficient (Wildman–Crippen LogP) is 10.3. The number of hydrogen-bond donors (Lipinski definition) is 9. The first-order valence-electron chi connectivity index (χ1n) is 42.5. The van der Waals surface area contributed by atoms with Crippen molar-refractivity contribution in [2.45, 2.75) is 267 Å². The minimum Gasteiger partial charge on any atom is -0.493 e. The van der Waals surface area contributed by atoms with E-state index in [2.05, 4.69) is 49.8 Å². The van der Waals surface area contributed by atoms with Crippen LogP contribution in [0.1, 0.15) is 183 Å². The van der Waals surface area contributed by atoms with Gasteiger partial charge in [-0.3, -0.25) is 28.7 Å². The second kappa shape index (κ2) is 35.6. The number of benzene rings is 2. The van der Waals surface area contributed by atoms with Crippen LogP contribution in [-0.4, -0.2) is 208 Å². The van der Waals surface area contributed by atoms with Crippen molar-refractivity contribution < 1.29 is 88.7 Å². The van der Waals surface area contributed by atoms with Crippen molar-refractivity contribution in [1.82, 2.24) is 55.7 Å². The fourth-order valence-corrected chi connectivity index (χ4v) is 20.7. The number of nitrogens with zero attached hydrogens (tertiary/aromatic N) is 6. The Kier molecular flexibility index (Phi) is 25.8. The van der Waals surface area contributed by atoms with E-state index in [1.54, 1.807) is 0 Å². The molecule has 0 radical (unpaired) electrons. The van der Waals surface area contributed by atoms with Crippen LogP contribution in [-0.2, 0) is 71.1 Å². The van der Waals surface area contributed by atoms with Crippen LogP contribution in [0.2, 0.25) is 0 Å². The number of hydrogen-bond acceptors (Lipinski definition) is 26. The van der Waals surface area contributed by atoms with Gasteiger partial charge in [0, 0.05) is 94.4 Å². The zero-order valence-electron chi connectivity index (χ0n) is 71.0. The molecule has 37 heteroatoms. The van der Waals surface area contributed by atoms with Crippen LogP contribution < -0.4 is 60.7 Å². The number of aromatic nitrogens is 4. The van der Waals surface area contributed by atoms with Crippen LogP contribution in [0.25, 0.3) is 44.6 Å². The van der Waals surface area contributed by atoms with Gasteiger partial charge in [0.05, 0.1) is 59.2 Å². The zero-order valence-corrected chi connectivity index (χ0v) is 74.3. The number of thiazole rings is 2. The summed E-state index contributed by atoms with van der Waals surface area (Å²) in [5.41, 5.74) is 1.15. The number of sulfonamides is 2. The molecule has 8 heterocycles. The lowest BCUT2D eigenvalue weighted by Crippen LogP contribution is -2.60. The molecule has 4 aromatic heterocycles. The van der Waals surface area contributed by atoms with Gasteiger partial charge in [-0.25, -0.2) is 56.3 Å². The summed E-state index contributed by atoms with van der Waals surface area (Å²) in [4.78, 5) is 133. The largest absolute Gasteiger partial charge is 0.493 e. The summed E-state index contributed by atoms with van der Waals surface area (Å²) in [5, 5.41) is 38.7. The Morgan fingerprint density at radius 3 is 1.34 bits per heavy atom. The number of aliphatic carboxylic acids is 1. The average molecular weight is 1770 g/mol. The highest BCUT2D eigenvalue weighted by Gasteiger charge is 2.63. The Hall–Kier alpha value is -9.98. The molecule has 7 amide bonds. The highest BCUT2D eigenvalue weighted by Crippen LogP contribution is 2.49. The normalized spacial score (nSPS) is 23.9. The Bertz CT molecular complexity index is 5340. The molecule has 0 spiro atoms. The first kappa shape index (κ1) is 89.3. The predicted molar refractivity (Wildman–Crippen MR) is 463 cm³/mol. The molecule has 16 rings (SSSR count). The topological polar surface area (TPSA) is 449 Å². The summed E-state index contributed by atoms with van der Waals surface area (Å²) in [6.45, 7) is 27.6. The van der Waals surface area contributed by atoms with Crippen molar-refractivity contribution in [3.63, 3.8) is 0 Å². The molecule has 33 nitrogen and oxygen atoms in total. The fourth-order valence-electron chi connectivity index (χ4n) is 16.8. The summed E-state index contributed by atoms with van der Waals surface area (Å²) in [6.07, 6.45) is 10.8. The minimum absolute atomic E-state index is 0.000169. The van der Waals surface area contributed by atoms with Crippen molar-refractivity contribution in [3.8, 4) is 45.8 Å².